The van der Waals surface area contributed by atoms with Crippen molar-refractivity contribution in [3.8, 4) is 0 Å². The van der Waals surface area contributed by atoms with E-state index in [1.165, 1.54) is 18.2 Å². The smallest absolute Gasteiger partial charge is 0.263 e. The van der Waals surface area contributed by atoms with Crippen LogP contribution in [0.2, 0.25) is 5.02 Å². The van der Waals surface area contributed by atoms with Crippen LogP contribution in [-0.2, 0) is 9.59 Å². The summed E-state index contributed by atoms with van der Waals surface area (Å²) in [6.07, 6.45) is 0. The van der Waals surface area contributed by atoms with Crippen LogP contribution in [-0.4, -0.2) is 22.6 Å². The molecule has 0 bridgehead atoms. The maximum atomic E-state index is 12.4. The number of aliphatic hydroxyl groups excluding tert-OH is 1. The Morgan fingerprint density at radius 1 is 1.04 bits per heavy atom. The average Bonchev–Trinajstić information content (AvgIpc) is 2.56. The molecule has 6 heteroatoms. The molecule has 0 fully saturated rings. The summed E-state index contributed by atoms with van der Waals surface area (Å²) < 4.78 is 0. The lowest BCUT2D eigenvalue weighted by Gasteiger charge is -2.17. The van der Waals surface area contributed by atoms with Gasteiger partial charge in [0, 0.05) is 21.8 Å². The zero-order valence-electron chi connectivity index (χ0n) is 12.6. The van der Waals surface area contributed by atoms with Gasteiger partial charge in [-0.2, -0.15) is 0 Å². The van der Waals surface area contributed by atoms with Crippen molar-refractivity contribution in [1.82, 2.24) is 0 Å². The number of halogens is 1. The molecule has 0 spiro atoms. The third kappa shape index (κ3) is 2.59. The number of hydrogen-bond donors (Lipinski definition) is 2. The second-order valence-electron chi connectivity index (χ2n) is 5.35. The number of amides is 1. The van der Waals surface area contributed by atoms with Crippen molar-refractivity contribution < 1.29 is 19.5 Å². The lowest BCUT2D eigenvalue weighted by atomic mass is 9.88. The van der Waals surface area contributed by atoms with Crippen LogP contribution in [0.25, 0.3) is 5.76 Å². The molecular formula is C18H12ClNO4. The van der Waals surface area contributed by atoms with Gasteiger partial charge in [0.25, 0.3) is 5.91 Å². The molecule has 0 saturated carbocycles. The monoisotopic (exact) mass is 341 g/mol. The topological polar surface area (TPSA) is 83.5 Å². The maximum Gasteiger partial charge on any atom is 0.263 e. The number of Topliss-reactive ketones (excluding diaryl/α,β-unsaturated/α-hetero) is 2. The molecule has 120 valence electrons. The van der Waals surface area contributed by atoms with Gasteiger partial charge in [-0.05, 0) is 24.6 Å². The van der Waals surface area contributed by atoms with E-state index in [2.05, 4.69) is 5.32 Å². The highest BCUT2D eigenvalue weighted by Gasteiger charge is 2.36. The number of aryl methyl sites for hydroxylation is 1. The van der Waals surface area contributed by atoms with Gasteiger partial charge in [0.05, 0.1) is 0 Å². The summed E-state index contributed by atoms with van der Waals surface area (Å²) in [5.41, 5.74) is 0.851. The molecule has 24 heavy (non-hydrogen) atoms. The number of carbonyl (C=O) groups is 3. The SMILES string of the molecule is Cc1ccc(NC(=O)C2=C(O)c3ccccc3C(=O)C2=O)cc1Cl. The van der Waals surface area contributed by atoms with E-state index in [1.807, 2.05) is 6.92 Å². The van der Waals surface area contributed by atoms with Gasteiger partial charge in [-0.1, -0.05) is 41.9 Å². The molecule has 0 atom stereocenters. The Hall–Kier alpha value is -2.92. The summed E-state index contributed by atoms with van der Waals surface area (Å²) in [5.74, 6) is -3.23. The highest BCUT2D eigenvalue weighted by molar-refractivity contribution is 6.58. The fourth-order valence-electron chi connectivity index (χ4n) is 2.44. The van der Waals surface area contributed by atoms with Crippen LogP contribution in [0.4, 0.5) is 5.69 Å². The Morgan fingerprint density at radius 2 is 1.71 bits per heavy atom. The first-order chi connectivity index (χ1) is 11.4. The van der Waals surface area contributed by atoms with E-state index < -0.39 is 28.8 Å². The predicted molar refractivity (Wildman–Crippen MR) is 90.1 cm³/mol. The van der Waals surface area contributed by atoms with Crippen molar-refractivity contribution in [2.45, 2.75) is 6.92 Å². The minimum Gasteiger partial charge on any atom is -0.506 e. The number of hydrogen-bond acceptors (Lipinski definition) is 4. The third-order valence-electron chi connectivity index (χ3n) is 3.75. The fourth-order valence-corrected chi connectivity index (χ4v) is 2.62. The van der Waals surface area contributed by atoms with Gasteiger partial charge >= 0.3 is 0 Å². The summed E-state index contributed by atoms with van der Waals surface area (Å²) in [5, 5.41) is 13.2. The summed E-state index contributed by atoms with van der Waals surface area (Å²) in [6, 6.07) is 10.9. The minimum absolute atomic E-state index is 0.0786. The van der Waals surface area contributed by atoms with Gasteiger partial charge in [-0.15, -0.1) is 0 Å². The van der Waals surface area contributed by atoms with E-state index in [9.17, 15) is 19.5 Å². The third-order valence-corrected chi connectivity index (χ3v) is 4.16. The summed E-state index contributed by atoms with van der Waals surface area (Å²) in [4.78, 5) is 36.7. The molecule has 1 aliphatic carbocycles. The normalized spacial score (nSPS) is 13.8. The fraction of sp³-hybridized carbons (Fsp3) is 0.0556. The average molecular weight is 342 g/mol. The first-order valence-corrected chi connectivity index (χ1v) is 7.47. The second-order valence-corrected chi connectivity index (χ2v) is 5.75. The maximum absolute atomic E-state index is 12.4. The van der Waals surface area contributed by atoms with Crippen molar-refractivity contribution in [3.05, 3.63) is 69.8 Å². The van der Waals surface area contributed by atoms with Crippen molar-refractivity contribution in [3.63, 3.8) is 0 Å². The van der Waals surface area contributed by atoms with Gasteiger partial charge in [-0.25, -0.2) is 0 Å². The molecule has 0 saturated heterocycles. The summed E-state index contributed by atoms with van der Waals surface area (Å²) in [6.45, 7) is 1.81. The Bertz CT molecular complexity index is 930. The van der Waals surface area contributed by atoms with Crippen LogP contribution in [0.5, 0.6) is 0 Å². The second kappa shape index (κ2) is 5.94. The number of fused-ring (bicyclic) bond motifs is 1. The van der Waals surface area contributed by atoms with Crippen LogP contribution in [0.15, 0.2) is 48.0 Å². The van der Waals surface area contributed by atoms with E-state index in [0.29, 0.717) is 10.7 Å². The minimum atomic E-state index is -1.04. The zero-order chi connectivity index (χ0) is 17.4. The van der Waals surface area contributed by atoms with Gasteiger partial charge in [0.15, 0.2) is 0 Å². The van der Waals surface area contributed by atoms with Gasteiger partial charge in [-0.3, -0.25) is 14.4 Å². The molecule has 0 unspecified atom stereocenters. The van der Waals surface area contributed by atoms with Crippen molar-refractivity contribution in [2.75, 3.05) is 5.32 Å². The summed E-state index contributed by atoms with van der Waals surface area (Å²) in [7, 11) is 0. The van der Waals surface area contributed by atoms with Crippen LogP contribution < -0.4 is 5.32 Å². The zero-order valence-corrected chi connectivity index (χ0v) is 13.3. The number of carbonyl (C=O) groups excluding carboxylic acids is 3. The largest absolute Gasteiger partial charge is 0.506 e. The number of benzene rings is 2. The first kappa shape index (κ1) is 16.0. The molecule has 0 heterocycles. The first-order valence-electron chi connectivity index (χ1n) is 7.09. The van der Waals surface area contributed by atoms with Crippen molar-refractivity contribution >= 4 is 40.5 Å². The Morgan fingerprint density at radius 3 is 2.38 bits per heavy atom. The van der Waals surface area contributed by atoms with E-state index in [1.54, 1.807) is 24.3 Å². The number of anilines is 1. The molecule has 0 radical (unpaired) electrons. The van der Waals surface area contributed by atoms with Crippen LogP contribution in [0.3, 0.4) is 0 Å². The van der Waals surface area contributed by atoms with E-state index in [-0.39, 0.29) is 11.1 Å². The van der Waals surface area contributed by atoms with Crippen molar-refractivity contribution in [1.29, 1.82) is 0 Å². The van der Waals surface area contributed by atoms with Gasteiger partial charge in [0.2, 0.25) is 11.6 Å². The number of ketones is 2. The molecule has 0 aromatic heterocycles. The highest BCUT2D eigenvalue weighted by Crippen LogP contribution is 2.28. The molecule has 2 aromatic rings. The van der Waals surface area contributed by atoms with Crippen LogP contribution in [0, 0.1) is 6.92 Å². The highest BCUT2D eigenvalue weighted by atomic mass is 35.5. The number of aliphatic hydroxyl groups is 1. The van der Waals surface area contributed by atoms with Crippen molar-refractivity contribution in [2.24, 2.45) is 0 Å². The van der Waals surface area contributed by atoms with E-state index >= 15 is 0 Å². The standard InChI is InChI=1S/C18H12ClNO4/c1-9-6-7-10(8-13(9)19)20-18(24)14-15(21)11-4-2-3-5-12(11)16(22)17(14)23/h2-8,21H,1H3,(H,20,24). The molecule has 1 amide bonds. The summed E-state index contributed by atoms with van der Waals surface area (Å²) >= 11 is 6.00. The molecule has 2 N–H and O–H groups in total. The molecule has 1 aliphatic rings. The van der Waals surface area contributed by atoms with Gasteiger partial charge < -0.3 is 10.4 Å². The molecule has 5 nitrogen and oxygen atoms in total. The molecule has 0 aliphatic heterocycles. The molecule has 3 rings (SSSR count). The van der Waals surface area contributed by atoms with E-state index in [4.69, 9.17) is 11.6 Å². The molecular weight excluding hydrogens is 330 g/mol. The van der Waals surface area contributed by atoms with E-state index in [0.717, 1.165) is 5.56 Å². The predicted octanol–water partition coefficient (Wildman–Crippen LogP) is 3.32. The van der Waals surface area contributed by atoms with Crippen LogP contribution >= 0.6 is 11.6 Å². The Kier molecular flexibility index (Phi) is 3.95. The number of rotatable bonds is 2. The lowest BCUT2D eigenvalue weighted by molar-refractivity contribution is -0.118. The Labute approximate surface area is 142 Å². The lowest BCUT2D eigenvalue weighted by Crippen LogP contribution is -2.31. The molecule has 2 aromatic carbocycles. The quantitative estimate of drug-likeness (QED) is 0.648. The van der Waals surface area contributed by atoms with Gasteiger partial charge in [0.1, 0.15) is 11.3 Å². The number of nitrogens with one attached hydrogen (secondary N) is 1. The Balaban J connectivity index is 2.01. The van der Waals surface area contributed by atoms with Crippen LogP contribution in [0.1, 0.15) is 21.5 Å².